The van der Waals surface area contributed by atoms with Crippen molar-refractivity contribution in [3.63, 3.8) is 0 Å². The number of benzene rings is 1. The number of hydrogen-bond acceptors (Lipinski definition) is 1. The Hall–Kier alpha value is -1.28. The van der Waals surface area contributed by atoms with Gasteiger partial charge in [-0.2, -0.15) is 0 Å². The number of aromatic amines is 1. The molecule has 112 valence electrons. The standard InChI is InChI=1S/C10H23N.C8H7N/c1-2-3-4-5-6-7-8-9-10-11;1-2-4-8-7(3-1)5-6-9-8/h2-11H2,1H3;1-6,9H. The SMILES string of the molecule is CCCCCCCCCCN.c1ccc2[nH]ccc2c1. The number of fused-ring (bicyclic) bond motifs is 1. The third-order valence-electron chi connectivity index (χ3n) is 3.52. The van der Waals surface area contributed by atoms with Crippen molar-refractivity contribution in [3.8, 4) is 0 Å². The van der Waals surface area contributed by atoms with Crippen LogP contribution in [0, 0.1) is 0 Å². The van der Waals surface area contributed by atoms with Gasteiger partial charge in [0.1, 0.15) is 0 Å². The van der Waals surface area contributed by atoms with E-state index in [2.05, 4.69) is 30.1 Å². The van der Waals surface area contributed by atoms with Crippen LogP contribution in [-0.4, -0.2) is 11.5 Å². The first-order valence-electron chi connectivity index (χ1n) is 8.10. The van der Waals surface area contributed by atoms with Crippen LogP contribution < -0.4 is 5.73 Å². The highest BCUT2D eigenvalue weighted by Crippen LogP contribution is 2.09. The molecule has 0 spiro atoms. The largest absolute Gasteiger partial charge is 0.361 e. The van der Waals surface area contributed by atoms with Gasteiger partial charge < -0.3 is 10.7 Å². The number of H-pyrrole nitrogens is 1. The van der Waals surface area contributed by atoms with E-state index in [1.165, 1.54) is 62.3 Å². The van der Waals surface area contributed by atoms with Crippen LogP contribution in [0.25, 0.3) is 10.9 Å². The minimum atomic E-state index is 0.870. The zero-order valence-electron chi connectivity index (χ0n) is 12.9. The summed E-state index contributed by atoms with van der Waals surface area (Å²) in [6, 6.07) is 10.3. The third-order valence-corrected chi connectivity index (χ3v) is 3.52. The predicted octanol–water partition coefficient (Wildman–Crippen LogP) is 5.25. The van der Waals surface area contributed by atoms with Gasteiger partial charge in [-0.1, -0.05) is 70.1 Å². The van der Waals surface area contributed by atoms with E-state index in [-0.39, 0.29) is 0 Å². The first kappa shape index (κ1) is 16.8. The van der Waals surface area contributed by atoms with Crippen molar-refractivity contribution < 1.29 is 0 Å². The minimum absolute atomic E-state index is 0.870. The quantitative estimate of drug-likeness (QED) is 0.634. The average molecular weight is 274 g/mol. The summed E-state index contributed by atoms with van der Waals surface area (Å²) in [5.41, 5.74) is 6.60. The fourth-order valence-corrected chi connectivity index (χ4v) is 2.27. The first-order valence-corrected chi connectivity index (χ1v) is 8.10. The number of hydrogen-bond donors (Lipinski definition) is 2. The molecule has 2 nitrogen and oxygen atoms in total. The monoisotopic (exact) mass is 274 g/mol. The van der Waals surface area contributed by atoms with Crippen molar-refractivity contribution in [1.82, 2.24) is 4.98 Å². The molecule has 0 fully saturated rings. The summed E-state index contributed by atoms with van der Waals surface area (Å²) in [5, 5.41) is 1.28. The maximum atomic E-state index is 5.39. The van der Waals surface area contributed by atoms with Crippen LogP contribution in [0.2, 0.25) is 0 Å². The second-order valence-electron chi connectivity index (χ2n) is 5.33. The Morgan fingerprint density at radius 1 is 0.850 bits per heavy atom. The molecule has 0 aliphatic rings. The number of nitrogens with one attached hydrogen (secondary N) is 1. The number of unbranched alkanes of at least 4 members (excludes halogenated alkanes) is 7. The average Bonchev–Trinajstić information content (AvgIpc) is 2.95. The summed E-state index contributed by atoms with van der Waals surface area (Å²) >= 11 is 0. The maximum absolute atomic E-state index is 5.39. The van der Waals surface area contributed by atoms with Crippen LogP contribution in [0.4, 0.5) is 0 Å². The zero-order valence-corrected chi connectivity index (χ0v) is 12.9. The van der Waals surface area contributed by atoms with Gasteiger partial charge in [-0.3, -0.25) is 0 Å². The van der Waals surface area contributed by atoms with Crippen molar-refractivity contribution in [2.75, 3.05) is 6.54 Å². The highest BCUT2D eigenvalue weighted by molar-refractivity contribution is 5.78. The lowest BCUT2D eigenvalue weighted by atomic mass is 10.1. The Kier molecular flexibility index (Phi) is 9.68. The van der Waals surface area contributed by atoms with Gasteiger partial charge in [-0.15, -0.1) is 0 Å². The Labute approximate surface area is 123 Å². The fraction of sp³-hybridized carbons (Fsp3) is 0.556. The summed E-state index contributed by atoms with van der Waals surface area (Å²) < 4.78 is 0. The summed E-state index contributed by atoms with van der Waals surface area (Å²) in [5.74, 6) is 0. The minimum Gasteiger partial charge on any atom is -0.361 e. The van der Waals surface area contributed by atoms with Crippen molar-refractivity contribution in [3.05, 3.63) is 36.5 Å². The van der Waals surface area contributed by atoms with Gasteiger partial charge in [0.25, 0.3) is 0 Å². The molecule has 0 aliphatic carbocycles. The molecule has 0 saturated carbocycles. The molecule has 0 aliphatic heterocycles. The molecule has 2 heteroatoms. The van der Waals surface area contributed by atoms with E-state index in [0.717, 1.165) is 6.54 Å². The normalized spacial score (nSPS) is 10.3. The molecular formula is C18H30N2. The Bertz CT molecular complexity index is 395. The van der Waals surface area contributed by atoms with Gasteiger partial charge in [0, 0.05) is 11.7 Å². The molecule has 0 amide bonds. The molecule has 0 saturated heterocycles. The molecular weight excluding hydrogens is 244 g/mol. The van der Waals surface area contributed by atoms with Gasteiger partial charge in [0.05, 0.1) is 0 Å². The van der Waals surface area contributed by atoms with E-state index in [4.69, 9.17) is 5.73 Å². The topological polar surface area (TPSA) is 41.8 Å². The maximum Gasteiger partial charge on any atom is 0.0453 e. The number of nitrogens with two attached hydrogens (primary N) is 1. The molecule has 0 radical (unpaired) electrons. The van der Waals surface area contributed by atoms with Crippen LogP contribution >= 0.6 is 0 Å². The highest BCUT2D eigenvalue weighted by Gasteiger charge is 1.89. The zero-order chi connectivity index (χ0) is 14.5. The summed E-state index contributed by atoms with van der Waals surface area (Å²) in [6.07, 6.45) is 12.9. The molecule has 1 aromatic heterocycles. The van der Waals surface area contributed by atoms with E-state index < -0.39 is 0 Å². The van der Waals surface area contributed by atoms with Gasteiger partial charge in [0.2, 0.25) is 0 Å². The lowest BCUT2D eigenvalue weighted by Gasteiger charge is -1.99. The third kappa shape index (κ3) is 7.34. The van der Waals surface area contributed by atoms with E-state index in [9.17, 15) is 0 Å². The van der Waals surface area contributed by atoms with Gasteiger partial charge in [0.15, 0.2) is 0 Å². The van der Waals surface area contributed by atoms with Gasteiger partial charge >= 0.3 is 0 Å². The molecule has 0 atom stereocenters. The predicted molar refractivity (Wildman–Crippen MR) is 90.0 cm³/mol. The summed E-state index contributed by atoms with van der Waals surface area (Å²) in [6.45, 7) is 3.13. The van der Waals surface area contributed by atoms with Crippen molar-refractivity contribution in [2.45, 2.75) is 58.3 Å². The second kappa shape index (κ2) is 11.5. The van der Waals surface area contributed by atoms with Gasteiger partial charge in [-0.25, -0.2) is 0 Å². The first-order chi connectivity index (χ1) is 9.88. The van der Waals surface area contributed by atoms with Crippen molar-refractivity contribution >= 4 is 10.9 Å². The van der Waals surface area contributed by atoms with E-state index in [1.807, 2.05) is 18.3 Å². The van der Waals surface area contributed by atoms with E-state index in [1.54, 1.807) is 0 Å². The lowest BCUT2D eigenvalue weighted by Crippen LogP contribution is -1.97. The Morgan fingerprint density at radius 2 is 1.50 bits per heavy atom. The fourth-order valence-electron chi connectivity index (χ4n) is 2.27. The highest BCUT2D eigenvalue weighted by atomic mass is 14.7. The molecule has 20 heavy (non-hydrogen) atoms. The van der Waals surface area contributed by atoms with E-state index >= 15 is 0 Å². The van der Waals surface area contributed by atoms with Crippen LogP contribution in [-0.2, 0) is 0 Å². The number of rotatable bonds is 8. The molecule has 2 rings (SSSR count). The summed E-state index contributed by atoms with van der Waals surface area (Å²) in [7, 11) is 0. The Morgan fingerprint density at radius 3 is 2.15 bits per heavy atom. The molecule has 1 heterocycles. The smallest absolute Gasteiger partial charge is 0.0453 e. The summed E-state index contributed by atoms with van der Waals surface area (Å²) in [4.78, 5) is 3.12. The van der Waals surface area contributed by atoms with Crippen LogP contribution in [0.15, 0.2) is 36.5 Å². The van der Waals surface area contributed by atoms with Crippen LogP contribution in [0.3, 0.4) is 0 Å². The lowest BCUT2D eigenvalue weighted by molar-refractivity contribution is 0.578. The Balaban J connectivity index is 0.000000202. The number of para-hydroxylation sites is 1. The van der Waals surface area contributed by atoms with Crippen LogP contribution in [0.5, 0.6) is 0 Å². The molecule has 3 N–H and O–H groups in total. The van der Waals surface area contributed by atoms with Gasteiger partial charge in [-0.05, 0) is 30.5 Å². The second-order valence-corrected chi connectivity index (χ2v) is 5.33. The van der Waals surface area contributed by atoms with Crippen LogP contribution in [0.1, 0.15) is 58.3 Å². The number of aromatic nitrogens is 1. The van der Waals surface area contributed by atoms with Crippen molar-refractivity contribution in [1.29, 1.82) is 0 Å². The van der Waals surface area contributed by atoms with Crippen molar-refractivity contribution in [2.24, 2.45) is 5.73 Å². The molecule has 0 unspecified atom stereocenters. The molecule has 0 bridgehead atoms. The molecule has 2 aromatic rings. The van der Waals surface area contributed by atoms with E-state index in [0.29, 0.717) is 0 Å². The molecule has 1 aromatic carbocycles.